The number of anilines is 1. The molecule has 4 aromatic rings. The third-order valence-electron chi connectivity index (χ3n) is 5.21. The van der Waals surface area contributed by atoms with Crippen LogP contribution in [0.25, 0.3) is 0 Å². The van der Waals surface area contributed by atoms with Gasteiger partial charge in [-0.3, -0.25) is 9.48 Å². The number of hydrogen-bond acceptors (Lipinski definition) is 4. The van der Waals surface area contributed by atoms with Crippen LogP contribution in [0.5, 0.6) is 5.75 Å². The number of nitrogens with zero attached hydrogens (tertiary/aromatic N) is 4. The molecule has 0 saturated carbocycles. The average Bonchev–Trinajstić information content (AvgIpc) is 3.43. The van der Waals surface area contributed by atoms with Gasteiger partial charge < -0.3 is 10.1 Å². The largest absolute Gasteiger partial charge is 0.471 e. The predicted molar refractivity (Wildman–Crippen MR) is 120 cm³/mol. The maximum absolute atomic E-state index is 13.0. The SMILES string of the molecule is Cc1cc(NC(=O)c2ccn(COc3cccc(C(F)(F)F)c3)n2)nn1Cc1cccc(C(F)(F)F)c1. The molecule has 0 bridgehead atoms. The number of benzene rings is 2. The highest BCUT2D eigenvalue weighted by atomic mass is 19.4. The number of carbonyl (C=O) groups is 1. The second kappa shape index (κ2) is 9.99. The number of amides is 1. The minimum Gasteiger partial charge on any atom is -0.471 e. The van der Waals surface area contributed by atoms with Gasteiger partial charge in [0.15, 0.2) is 18.2 Å². The molecular weight excluding hydrogens is 504 g/mol. The molecule has 1 amide bonds. The van der Waals surface area contributed by atoms with Crippen LogP contribution in [0.2, 0.25) is 0 Å². The van der Waals surface area contributed by atoms with Gasteiger partial charge in [-0.25, -0.2) is 4.68 Å². The van der Waals surface area contributed by atoms with Crippen LogP contribution in [0.15, 0.2) is 66.9 Å². The Morgan fingerprint density at radius 3 is 2.30 bits per heavy atom. The van der Waals surface area contributed by atoms with Crippen LogP contribution in [0.3, 0.4) is 0 Å². The average molecular weight is 523 g/mol. The van der Waals surface area contributed by atoms with Gasteiger partial charge in [-0.05, 0) is 48.9 Å². The first-order chi connectivity index (χ1) is 17.4. The molecule has 0 aliphatic heterocycles. The molecule has 13 heteroatoms. The van der Waals surface area contributed by atoms with Crippen molar-refractivity contribution in [2.75, 3.05) is 5.32 Å². The van der Waals surface area contributed by atoms with Crippen LogP contribution in [-0.4, -0.2) is 25.5 Å². The molecule has 4 rings (SSSR count). The zero-order chi connectivity index (χ0) is 26.8. The van der Waals surface area contributed by atoms with E-state index in [9.17, 15) is 31.1 Å². The number of aryl methyl sites for hydroxylation is 1. The van der Waals surface area contributed by atoms with E-state index in [0.717, 1.165) is 24.3 Å². The van der Waals surface area contributed by atoms with Crippen LogP contribution < -0.4 is 10.1 Å². The van der Waals surface area contributed by atoms with Crippen molar-refractivity contribution in [2.24, 2.45) is 0 Å². The Morgan fingerprint density at radius 2 is 1.59 bits per heavy atom. The molecule has 194 valence electrons. The second-order valence-corrected chi connectivity index (χ2v) is 8.02. The molecule has 0 aliphatic rings. The van der Waals surface area contributed by atoms with Gasteiger partial charge in [0.25, 0.3) is 5.91 Å². The molecule has 0 fully saturated rings. The van der Waals surface area contributed by atoms with Gasteiger partial charge in [-0.2, -0.15) is 36.5 Å². The maximum Gasteiger partial charge on any atom is 0.416 e. The minimum atomic E-state index is -4.51. The van der Waals surface area contributed by atoms with E-state index in [1.165, 1.54) is 39.8 Å². The van der Waals surface area contributed by atoms with E-state index in [0.29, 0.717) is 11.3 Å². The normalized spacial score (nSPS) is 12.0. The van der Waals surface area contributed by atoms with Crippen molar-refractivity contribution in [3.05, 3.63) is 94.9 Å². The van der Waals surface area contributed by atoms with Crippen molar-refractivity contribution in [3.8, 4) is 5.75 Å². The lowest BCUT2D eigenvalue weighted by atomic mass is 10.1. The van der Waals surface area contributed by atoms with Gasteiger partial charge in [0.1, 0.15) is 5.75 Å². The van der Waals surface area contributed by atoms with Crippen LogP contribution in [-0.2, 0) is 25.6 Å². The second-order valence-electron chi connectivity index (χ2n) is 8.02. The Hall–Kier alpha value is -4.29. The van der Waals surface area contributed by atoms with E-state index in [1.54, 1.807) is 19.1 Å². The summed E-state index contributed by atoms with van der Waals surface area (Å²) in [6, 6.07) is 12.2. The van der Waals surface area contributed by atoms with Crippen LogP contribution in [0.1, 0.15) is 32.9 Å². The summed E-state index contributed by atoms with van der Waals surface area (Å²) in [6.45, 7) is 1.52. The number of rotatable bonds is 7. The number of hydrogen-bond donors (Lipinski definition) is 1. The molecule has 0 radical (unpaired) electrons. The molecule has 0 atom stereocenters. The van der Waals surface area contributed by atoms with Crippen LogP contribution in [0, 0.1) is 6.92 Å². The highest BCUT2D eigenvalue weighted by Crippen LogP contribution is 2.31. The summed E-state index contributed by atoms with van der Waals surface area (Å²) in [7, 11) is 0. The van der Waals surface area contributed by atoms with Crippen molar-refractivity contribution < 1.29 is 35.9 Å². The van der Waals surface area contributed by atoms with Gasteiger partial charge in [0, 0.05) is 18.0 Å². The fourth-order valence-corrected chi connectivity index (χ4v) is 3.39. The number of aromatic nitrogens is 4. The zero-order valence-corrected chi connectivity index (χ0v) is 19.1. The molecule has 2 heterocycles. The lowest BCUT2D eigenvalue weighted by Gasteiger charge is -2.10. The summed E-state index contributed by atoms with van der Waals surface area (Å²) in [5.41, 5.74) is -0.631. The predicted octanol–water partition coefficient (Wildman–Crippen LogP) is 5.76. The van der Waals surface area contributed by atoms with Crippen molar-refractivity contribution in [2.45, 2.75) is 32.6 Å². The number of nitrogens with one attached hydrogen (secondary N) is 1. The third kappa shape index (κ3) is 6.48. The minimum absolute atomic E-state index is 0.00211. The standard InChI is InChI=1S/C24H19F6N5O2/c1-15-10-21(33-35(15)13-16-4-2-5-17(11-16)23(25,26)27)31-22(36)20-8-9-34(32-20)14-37-19-7-3-6-18(12-19)24(28,29)30/h2-12H,13-14H2,1H3,(H,31,33,36). The monoisotopic (exact) mass is 523 g/mol. The lowest BCUT2D eigenvalue weighted by Crippen LogP contribution is -2.15. The third-order valence-corrected chi connectivity index (χ3v) is 5.21. The summed E-state index contributed by atoms with van der Waals surface area (Å²) in [5, 5.41) is 10.8. The summed E-state index contributed by atoms with van der Waals surface area (Å²) < 4.78 is 85.4. The quantitative estimate of drug-likeness (QED) is 0.313. The fourth-order valence-electron chi connectivity index (χ4n) is 3.39. The molecule has 2 aromatic heterocycles. The van der Waals surface area contributed by atoms with Gasteiger partial charge in [-0.15, -0.1) is 0 Å². The summed E-state index contributed by atoms with van der Waals surface area (Å²) in [5.74, 6) is -0.455. The number of ether oxygens (including phenoxy) is 1. The molecule has 0 saturated heterocycles. The molecular formula is C24H19F6N5O2. The molecule has 7 nitrogen and oxygen atoms in total. The first-order valence-electron chi connectivity index (χ1n) is 10.7. The van der Waals surface area contributed by atoms with E-state index in [-0.39, 0.29) is 30.5 Å². The Labute approximate surface area is 206 Å². The molecule has 1 N–H and O–H groups in total. The number of halogens is 6. The van der Waals surface area contributed by atoms with E-state index < -0.39 is 29.4 Å². The van der Waals surface area contributed by atoms with Crippen molar-refractivity contribution in [3.63, 3.8) is 0 Å². The van der Waals surface area contributed by atoms with Gasteiger partial charge in [-0.1, -0.05) is 18.2 Å². The van der Waals surface area contributed by atoms with Gasteiger partial charge >= 0.3 is 12.4 Å². The first-order valence-corrected chi connectivity index (χ1v) is 10.7. The Kier molecular flexibility index (Phi) is 6.96. The first kappa shape index (κ1) is 25.8. The lowest BCUT2D eigenvalue weighted by molar-refractivity contribution is -0.138. The van der Waals surface area contributed by atoms with Crippen molar-refractivity contribution >= 4 is 11.7 Å². The maximum atomic E-state index is 13.0. The van der Waals surface area contributed by atoms with E-state index >= 15 is 0 Å². The smallest absolute Gasteiger partial charge is 0.416 e. The van der Waals surface area contributed by atoms with Gasteiger partial charge in [0.05, 0.1) is 17.7 Å². The van der Waals surface area contributed by atoms with Crippen LogP contribution >= 0.6 is 0 Å². The van der Waals surface area contributed by atoms with Crippen LogP contribution in [0.4, 0.5) is 32.2 Å². The molecule has 37 heavy (non-hydrogen) atoms. The molecule has 0 aliphatic carbocycles. The Balaban J connectivity index is 1.37. The van der Waals surface area contributed by atoms with Crippen molar-refractivity contribution in [1.82, 2.24) is 19.6 Å². The molecule has 2 aromatic carbocycles. The van der Waals surface area contributed by atoms with Gasteiger partial charge in [0.2, 0.25) is 0 Å². The topological polar surface area (TPSA) is 74.0 Å². The van der Waals surface area contributed by atoms with E-state index in [2.05, 4.69) is 15.5 Å². The molecule has 0 spiro atoms. The zero-order valence-electron chi connectivity index (χ0n) is 19.1. The van der Waals surface area contributed by atoms with Crippen molar-refractivity contribution in [1.29, 1.82) is 0 Å². The van der Waals surface area contributed by atoms with E-state index in [4.69, 9.17) is 4.74 Å². The highest BCUT2D eigenvalue weighted by molar-refractivity contribution is 6.02. The fraction of sp³-hybridized carbons (Fsp3) is 0.208. The summed E-state index contributed by atoms with van der Waals surface area (Å²) in [4.78, 5) is 12.6. The Bertz CT molecular complexity index is 1410. The summed E-state index contributed by atoms with van der Waals surface area (Å²) >= 11 is 0. The molecule has 0 unspecified atom stereocenters. The Morgan fingerprint density at radius 1 is 0.919 bits per heavy atom. The van der Waals surface area contributed by atoms with E-state index in [1.807, 2.05) is 0 Å². The number of carbonyl (C=O) groups excluding carboxylic acids is 1. The number of alkyl halides is 6. The summed E-state index contributed by atoms with van der Waals surface area (Å²) in [6.07, 6.45) is -7.55. The highest BCUT2D eigenvalue weighted by Gasteiger charge is 2.31.